The number of unbranched alkanes of at least 4 members (excludes halogenated alkanes) is 28. The van der Waals surface area contributed by atoms with Gasteiger partial charge in [0.1, 0.15) is 6.61 Å². The number of hydrogen-bond donors (Lipinski definition) is 2. The van der Waals surface area contributed by atoms with Crippen molar-refractivity contribution in [1.29, 1.82) is 0 Å². The zero-order chi connectivity index (χ0) is 58.7. The van der Waals surface area contributed by atoms with E-state index in [0.29, 0.717) is 6.42 Å². The monoisotopic (exact) mass is 1150 g/mol. The van der Waals surface area contributed by atoms with Gasteiger partial charge < -0.3 is 20.1 Å². The molecule has 0 aromatic heterocycles. The first-order chi connectivity index (χ1) is 39.8. The molecule has 0 bridgehead atoms. The standard InChI is InChI=1S/C71H122NO8P/c1-3-5-7-9-11-13-15-17-19-21-23-25-26-27-28-29-30-31-32-33-34-35-36-37-38-39-40-41-42-44-46-48-50-52-54-56-58-60-62-64-71(74)80-69(68-79-81(75,76)78-66-65-72)67-77-70(73)63-61-59-57-55-53-51-49-47-45-43-24-22-20-18-16-14-12-10-8-6-4-2/h5-8,11-14,17-20,23-25,27-28,30-31,43,69H,3-4,9-10,15-16,21-22,26,29,32-42,44-68,72H2,1-2H3,(H,75,76)/b7-5-,8-6-,13-11-,14-12-,19-17-,20-18-,25-23-,28-27-,31-30-,43-24-. The van der Waals surface area contributed by atoms with Gasteiger partial charge in [0.15, 0.2) is 6.10 Å². The van der Waals surface area contributed by atoms with E-state index in [9.17, 15) is 19.0 Å². The van der Waals surface area contributed by atoms with E-state index in [1.807, 2.05) is 0 Å². The molecule has 0 aliphatic carbocycles. The van der Waals surface area contributed by atoms with Crippen LogP contribution < -0.4 is 5.73 Å². The first-order valence-corrected chi connectivity index (χ1v) is 34.5. The molecule has 81 heavy (non-hydrogen) atoms. The summed E-state index contributed by atoms with van der Waals surface area (Å²) in [6, 6.07) is 0. The highest BCUT2D eigenvalue weighted by molar-refractivity contribution is 7.47. The number of nitrogens with two attached hydrogens (primary N) is 1. The van der Waals surface area contributed by atoms with Crippen LogP contribution in [-0.4, -0.2) is 49.3 Å². The summed E-state index contributed by atoms with van der Waals surface area (Å²) in [5.74, 6) is -0.833. The van der Waals surface area contributed by atoms with E-state index in [2.05, 4.69) is 135 Å². The van der Waals surface area contributed by atoms with Crippen LogP contribution in [0.5, 0.6) is 0 Å². The third kappa shape index (κ3) is 65.4. The molecule has 0 aliphatic rings. The Morgan fingerprint density at radius 3 is 0.951 bits per heavy atom. The molecule has 9 nitrogen and oxygen atoms in total. The minimum absolute atomic E-state index is 0.0486. The first-order valence-electron chi connectivity index (χ1n) is 33.0. The van der Waals surface area contributed by atoms with Gasteiger partial charge in [0.2, 0.25) is 0 Å². The first kappa shape index (κ1) is 77.4. The molecule has 0 rings (SSSR count). The molecule has 0 aromatic carbocycles. The van der Waals surface area contributed by atoms with Gasteiger partial charge in [0.05, 0.1) is 13.2 Å². The zero-order valence-electron chi connectivity index (χ0n) is 52.0. The number of carbonyl (C=O) groups is 2. The van der Waals surface area contributed by atoms with E-state index in [1.165, 1.54) is 135 Å². The second-order valence-corrected chi connectivity index (χ2v) is 23.0. The van der Waals surface area contributed by atoms with Crippen molar-refractivity contribution < 1.29 is 37.6 Å². The Labute approximate surface area is 498 Å². The van der Waals surface area contributed by atoms with Gasteiger partial charge in [-0.2, -0.15) is 0 Å². The number of ether oxygens (including phenoxy) is 2. The zero-order valence-corrected chi connectivity index (χ0v) is 52.9. The van der Waals surface area contributed by atoms with Gasteiger partial charge in [0, 0.05) is 19.4 Å². The topological polar surface area (TPSA) is 134 Å². The average Bonchev–Trinajstić information content (AvgIpc) is 3.46. The number of allylic oxidation sites excluding steroid dienone is 20. The van der Waals surface area contributed by atoms with Gasteiger partial charge in [-0.3, -0.25) is 18.6 Å². The minimum Gasteiger partial charge on any atom is -0.462 e. The Balaban J connectivity index is 3.86. The van der Waals surface area contributed by atoms with Gasteiger partial charge in [-0.15, -0.1) is 0 Å². The Hall–Kier alpha value is -3.59. The minimum atomic E-state index is -4.40. The van der Waals surface area contributed by atoms with E-state index < -0.39 is 26.5 Å². The van der Waals surface area contributed by atoms with Crippen LogP contribution in [0.15, 0.2) is 122 Å². The maximum absolute atomic E-state index is 12.7. The quantitative estimate of drug-likeness (QED) is 0.0264. The van der Waals surface area contributed by atoms with Crippen molar-refractivity contribution >= 4 is 19.8 Å². The summed E-state index contributed by atoms with van der Waals surface area (Å²) >= 11 is 0. The van der Waals surface area contributed by atoms with Crippen LogP contribution in [0.4, 0.5) is 0 Å². The number of carbonyl (C=O) groups excluding carboxylic acids is 2. The second-order valence-electron chi connectivity index (χ2n) is 21.6. The van der Waals surface area contributed by atoms with Gasteiger partial charge in [0.25, 0.3) is 0 Å². The van der Waals surface area contributed by atoms with Crippen molar-refractivity contribution in [1.82, 2.24) is 0 Å². The summed E-state index contributed by atoms with van der Waals surface area (Å²) in [6.07, 6.45) is 91.4. The van der Waals surface area contributed by atoms with Gasteiger partial charge in [-0.1, -0.05) is 289 Å². The lowest BCUT2D eigenvalue weighted by Gasteiger charge is -2.19. The summed E-state index contributed by atoms with van der Waals surface area (Å²) in [5, 5.41) is 0. The van der Waals surface area contributed by atoms with Crippen molar-refractivity contribution in [2.75, 3.05) is 26.4 Å². The molecule has 2 atom stereocenters. The van der Waals surface area contributed by atoms with Crippen LogP contribution in [0.3, 0.4) is 0 Å². The number of esters is 2. The van der Waals surface area contributed by atoms with Crippen LogP contribution in [0, 0.1) is 0 Å². The lowest BCUT2D eigenvalue weighted by Crippen LogP contribution is -2.29. The van der Waals surface area contributed by atoms with Crippen LogP contribution in [0.25, 0.3) is 0 Å². The number of hydrogen-bond acceptors (Lipinski definition) is 8. The smallest absolute Gasteiger partial charge is 0.462 e. The molecule has 0 saturated heterocycles. The molecular weight excluding hydrogens is 1030 g/mol. The Morgan fingerprint density at radius 2 is 0.642 bits per heavy atom. The normalized spacial score (nSPS) is 13.8. The predicted molar refractivity (Wildman–Crippen MR) is 348 cm³/mol. The number of phosphoric ester groups is 1. The van der Waals surface area contributed by atoms with E-state index in [-0.39, 0.29) is 38.6 Å². The Kier molecular flexibility index (Phi) is 62.7. The number of phosphoric acid groups is 1. The maximum atomic E-state index is 12.7. The van der Waals surface area contributed by atoms with E-state index in [0.717, 1.165) is 116 Å². The van der Waals surface area contributed by atoms with Gasteiger partial charge in [-0.25, -0.2) is 4.57 Å². The van der Waals surface area contributed by atoms with E-state index in [1.54, 1.807) is 0 Å². The lowest BCUT2D eigenvalue weighted by molar-refractivity contribution is -0.161. The van der Waals surface area contributed by atoms with Crippen molar-refractivity contribution in [3.8, 4) is 0 Å². The van der Waals surface area contributed by atoms with E-state index in [4.69, 9.17) is 24.3 Å². The largest absolute Gasteiger partial charge is 0.472 e. The van der Waals surface area contributed by atoms with Crippen LogP contribution >= 0.6 is 7.82 Å². The highest BCUT2D eigenvalue weighted by Crippen LogP contribution is 2.43. The molecular formula is C71H122NO8P. The fraction of sp³-hybridized carbons (Fsp3) is 0.690. The summed E-state index contributed by atoms with van der Waals surface area (Å²) in [7, 11) is -4.40. The highest BCUT2D eigenvalue weighted by atomic mass is 31.2. The summed E-state index contributed by atoms with van der Waals surface area (Å²) in [5.41, 5.74) is 5.39. The van der Waals surface area contributed by atoms with Crippen LogP contribution in [-0.2, 0) is 32.7 Å². The predicted octanol–water partition coefficient (Wildman–Crippen LogP) is 21.5. The summed E-state index contributed by atoms with van der Waals surface area (Å²) in [6.45, 7) is 3.52. The molecule has 0 heterocycles. The average molecular weight is 1150 g/mol. The summed E-state index contributed by atoms with van der Waals surface area (Å²) < 4.78 is 33.1. The molecule has 3 N–H and O–H groups in total. The molecule has 0 fully saturated rings. The fourth-order valence-corrected chi connectivity index (χ4v) is 9.81. The Morgan fingerprint density at radius 1 is 0.370 bits per heavy atom. The second kappa shape index (κ2) is 65.6. The van der Waals surface area contributed by atoms with Crippen molar-refractivity contribution in [2.45, 2.75) is 290 Å². The molecule has 0 aliphatic heterocycles. The van der Waals surface area contributed by atoms with Gasteiger partial charge in [-0.05, 0) is 103 Å². The third-order valence-corrected chi connectivity index (χ3v) is 14.8. The molecule has 0 saturated carbocycles. The highest BCUT2D eigenvalue weighted by Gasteiger charge is 2.26. The molecule has 0 aromatic rings. The third-order valence-electron chi connectivity index (χ3n) is 13.8. The molecule has 10 heteroatoms. The molecule has 0 amide bonds. The SMILES string of the molecule is CC/C=C\C/C=C\C/C=C\C/C=C\C/C=C\C/C=C\CCCCCCCCCCCCCCCCCCCCCCC(=O)OC(COC(=O)CCCCCCCCCC/C=C\C/C=C\C/C=C\C/C=C\CC)COP(=O)(O)OCCN. The van der Waals surface area contributed by atoms with Crippen molar-refractivity contribution in [3.05, 3.63) is 122 Å². The van der Waals surface area contributed by atoms with Crippen LogP contribution in [0.2, 0.25) is 0 Å². The van der Waals surface area contributed by atoms with Crippen molar-refractivity contribution in [3.63, 3.8) is 0 Å². The molecule has 0 radical (unpaired) electrons. The Bertz CT molecular complexity index is 1740. The van der Waals surface area contributed by atoms with Crippen LogP contribution in [0.1, 0.15) is 284 Å². The lowest BCUT2D eigenvalue weighted by atomic mass is 10.0. The van der Waals surface area contributed by atoms with E-state index >= 15 is 0 Å². The molecule has 464 valence electrons. The molecule has 2 unspecified atom stereocenters. The molecule has 0 spiro atoms. The maximum Gasteiger partial charge on any atom is 0.472 e. The summed E-state index contributed by atoms with van der Waals surface area (Å²) in [4.78, 5) is 35.3. The van der Waals surface area contributed by atoms with Crippen molar-refractivity contribution in [2.24, 2.45) is 5.73 Å². The fourth-order valence-electron chi connectivity index (χ4n) is 9.04. The number of rotatable bonds is 61. The van der Waals surface area contributed by atoms with Gasteiger partial charge >= 0.3 is 19.8 Å².